The molecule has 2 aromatic carbocycles. The molecule has 0 saturated heterocycles. The number of hydrogen-bond acceptors (Lipinski definition) is 4. The first-order valence-electron chi connectivity index (χ1n) is 7.68. The van der Waals surface area contributed by atoms with E-state index in [1.807, 2.05) is 0 Å². The average Bonchev–Trinajstić information content (AvgIpc) is 2.68. The summed E-state index contributed by atoms with van der Waals surface area (Å²) in [5.74, 6) is 0.210. The van der Waals surface area contributed by atoms with Crippen molar-refractivity contribution in [3.8, 4) is 5.75 Å². The monoisotopic (exact) mass is 332 g/mol. The summed E-state index contributed by atoms with van der Waals surface area (Å²) in [4.78, 5) is 29.0. The first kappa shape index (κ1) is 16.4. The van der Waals surface area contributed by atoms with Gasteiger partial charge in [-0.3, -0.25) is 14.6 Å². The van der Waals surface area contributed by atoms with Gasteiger partial charge in [-0.1, -0.05) is 12.1 Å². The number of anilines is 1. The van der Waals surface area contributed by atoms with Gasteiger partial charge in [0.2, 0.25) is 0 Å². The maximum Gasteiger partial charge on any atom is 0.255 e. The van der Waals surface area contributed by atoms with Gasteiger partial charge in [-0.05, 0) is 48.5 Å². The van der Waals surface area contributed by atoms with Crippen molar-refractivity contribution in [3.63, 3.8) is 0 Å². The molecule has 1 heterocycles. The molecule has 5 nitrogen and oxygen atoms in total. The fourth-order valence-corrected chi connectivity index (χ4v) is 2.39. The van der Waals surface area contributed by atoms with Crippen molar-refractivity contribution in [2.45, 2.75) is 0 Å². The molecule has 0 spiro atoms. The van der Waals surface area contributed by atoms with Gasteiger partial charge in [0.05, 0.1) is 12.8 Å². The van der Waals surface area contributed by atoms with Gasteiger partial charge in [0.25, 0.3) is 5.91 Å². The standard InChI is InChI=1S/C20H16N2O3/c1-25-16-8-6-14(7-9-16)19(23)17-4-2-3-5-18(17)22-20(24)15-10-12-21-13-11-15/h2-13H,1H3,(H,22,24). The topological polar surface area (TPSA) is 68.3 Å². The third-order valence-electron chi connectivity index (χ3n) is 3.71. The van der Waals surface area contributed by atoms with Gasteiger partial charge in [-0.2, -0.15) is 0 Å². The van der Waals surface area contributed by atoms with Crippen LogP contribution in [-0.2, 0) is 0 Å². The molecule has 3 rings (SSSR count). The lowest BCUT2D eigenvalue weighted by molar-refractivity contribution is 0.102. The molecule has 0 saturated carbocycles. The van der Waals surface area contributed by atoms with E-state index >= 15 is 0 Å². The van der Waals surface area contributed by atoms with Crippen LogP contribution in [0.15, 0.2) is 73.1 Å². The first-order chi connectivity index (χ1) is 12.2. The second-order valence-corrected chi connectivity index (χ2v) is 5.29. The Labute approximate surface area is 145 Å². The summed E-state index contributed by atoms with van der Waals surface area (Å²) in [5.41, 5.74) is 1.88. The summed E-state index contributed by atoms with van der Waals surface area (Å²) in [6, 6.07) is 17.0. The molecule has 0 aliphatic carbocycles. The lowest BCUT2D eigenvalue weighted by Gasteiger charge is -2.11. The summed E-state index contributed by atoms with van der Waals surface area (Å²) < 4.78 is 5.11. The number of nitrogens with zero attached hydrogens (tertiary/aromatic N) is 1. The molecule has 1 N–H and O–H groups in total. The molecule has 0 bridgehead atoms. The molecular formula is C20H16N2O3. The number of benzene rings is 2. The third-order valence-corrected chi connectivity index (χ3v) is 3.71. The average molecular weight is 332 g/mol. The quantitative estimate of drug-likeness (QED) is 0.725. The SMILES string of the molecule is COc1ccc(C(=O)c2ccccc2NC(=O)c2ccncc2)cc1. The van der Waals surface area contributed by atoms with Crippen LogP contribution in [0.25, 0.3) is 0 Å². The fourth-order valence-electron chi connectivity index (χ4n) is 2.39. The zero-order chi connectivity index (χ0) is 17.6. The van der Waals surface area contributed by atoms with E-state index in [9.17, 15) is 9.59 Å². The van der Waals surface area contributed by atoms with Crippen molar-refractivity contribution in [2.24, 2.45) is 0 Å². The van der Waals surface area contributed by atoms with Crippen LogP contribution in [0.4, 0.5) is 5.69 Å². The van der Waals surface area contributed by atoms with Crippen molar-refractivity contribution in [3.05, 3.63) is 89.7 Å². The van der Waals surface area contributed by atoms with Crippen molar-refractivity contribution in [2.75, 3.05) is 12.4 Å². The normalized spacial score (nSPS) is 10.1. The van der Waals surface area contributed by atoms with Gasteiger partial charge in [0.1, 0.15) is 5.75 Å². The highest BCUT2D eigenvalue weighted by Crippen LogP contribution is 2.21. The van der Waals surface area contributed by atoms with Crippen molar-refractivity contribution >= 4 is 17.4 Å². The minimum Gasteiger partial charge on any atom is -0.497 e. The number of hydrogen-bond donors (Lipinski definition) is 1. The molecule has 0 atom stereocenters. The van der Waals surface area contributed by atoms with Gasteiger partial charge in [0, 0.05) is 29.1 Å². The van der Waals surface area contributed by atoms with Crippen LogP contribution in [0.1, 0.15) is 26.3 Å². The molecule has 124 valence electrons. The Balaban J connectivity index is 1.87. The van der Waals surface area contributed by atoms with Crippen molar-refractivity contribution in [1.82, 2.24) is 4.98 Å². The highest BCUT2D eigenvalue weighted by Gasteiger charge is 2.15. The van der Waals surface area contributed by atoms with Gasteiger partial charge in [-0.15, -0.1) is 0 Å². The number of carbonyl (C=O) groups is 2. The molecule has 25 heavy (non-hydrogen) atoms. The number of rotatable bonds is 5. The molecule has 1 amide bonds. The van der Waals surface area contributed by atoms with Gasteiger partial charge >= 0.3 is 0 Å². The Morgan fingerprint density at radius 1 is 0.880 bits per heavy atom. The molecule has 0 aliphatic heterocycles. The Hall–Kier alpha value is -3.47. The summed E-state index contributed by atoms with van der Waals surface area (Å²) in [6.45, 7) is 0. The molecular weight excluding hydrogens is 316 g/mol. The number of aromatic nitrogens is 1. The number of methoxy groups -OCH3 is 1. The van der Waals surface area contributed by atoms with E-state index in [4.69, 9.17) is 4.74 Å². The summed E-state index contributed by atoms with van der Waals surface area (Å²) in [5, 5.41) is 2.79. The molecule has 1 aromatic heterocycles. The van der Waals surface area contributed by atoms with Crippen LogP contribution in [0.3, 0.4) is 0 Å². The number of nitrogens with one attached hydrogen (secondary N) is 1. The molecule has 0 fully saturated rings. The van der Waals surface area contributed by atoms with Gasteiger partial charge < -0.3 is 10.1 Å². The fraction of sp³-hybridized carbons (Fsp3) is 0.0500. The Kier molecular flexibility index (Phi) is 4.85. The predicted molar refractivity (Wildman–Crippen MR) is 95.1 cm³/mol. The van der Waals surface area contributed by atoms with Crippen LogP contribution in [0.5, 0.6) is 5.75 Å². The number of para-hydroxylation sites is 1. The number of carbonyl (C=O) groups excluding carboxylic acids is 2. The summed E-state index contributed by atoms with van der Waals surface area (Å²) in [6.07, 6.45) is 3.09. The van der Waals surface area contributed by atoms with Crippen molar-refractivity contribution in [1.29, 1.82) is 0 Å². The zero-order valence-electron chi connectivity index (χ0n) is 13.6. The first-order valence-corrected chi connectivity index (χ1v) is 7.68. The van der Waals surface area contributed by atoms with E-state index in [2.05, 4.69) is 10.3 Å². The van der Waals surface area contributed by atoms with Crippen LogP contribution in [-0.4, -0.2) is 23.8 Å². The summed E-state index contributed by atoms with van der Waals surface area (Å²) >= 11 is 0. The summed E-state index contributed by atoms with van der Waals surface area (Å²) in [7, 11) is 1.57. The highest BCUT2D eigenvalue weighted by atomic mass is 16.5. The minimum atomic E-state index is -0.294. The second kappa shape index (κ2) is 7.40. The van der Waals surface area contributed by atoms with E-state index in [1.165, 1.54) is 0 Å². The molecule has 0 aliphatic rings. The van der Waals surface area contributed by atoms with E-state index in [1.54, 1.807) is 80.2 Å². The van der Waals surface area contributed by atoms with Crippen LogP contribution in [0, 0.1) is 0 Å². The lowest BCUT2D eigenvalue weighted by atomic mass is 10.0. The maximum atomic E-state index is 12.8. The van der Waals surface area contributed by atoms with E-state index < -0.39 is 0 Å². The number of pyridine rings is 1. The Bertz CT molecular complexity index is 890. The highest BCUT2D eigenvalue weighted by molar-refractivity contribution is 6.15. The molecule has 0 unspecified atom stereocenters. The Morgan fingerprint density at radius 3 is 2.24 bits per heavy atom. The minimum absolute atomic E-state index is 0.173. The number of ether oxygens (including phenoxy) is 1. The van der Waals surface area contributed by atoms with Crippen LogP contribution < -0.4 is 10.1 Å². The maximum absolute atomic E-state index is 12.8. The third kappa shape index (κ3) is 3.72. The smallest absolute Gasteiger partial charge is 0.255 e. The molecule has 3 aromatic rings. The van der Waals surface area contributed by atoms with E-state index in [0.717, 1.165) is 0 Å². The van der Waals surface area contributed by atoms with Crippen LogP contribution in [0.2, 0.25) is 0 Å². The molecule has 0 radical (unpaired) electrons. The number of ketones is 1. The number of amides is 1. The van der Waals surface area contributed by atoms with E-state index in [-0.39, 0.29) is 11.7 Å². The van der Waals surface area contributed by atoms with E-state index in [0.29, 0.717) is 28.1 Å². The predicted octanol–water partition coefficient (Wildman–Crippen LogP) is 3.57. The Morgan fingerprint density at radius 2 is 1.56 bits per heavy atom. The van der Waals surface area contributed by atoms with Gasteiger partial charge in [0.15, 0.2) is 5.78 Å². The van der Waals surface area contributed by atoms with Crippen LogP contribution >= 0.6 is 0 Å². The zero-order valence-corrected chi connectivity index (χ0v) is 13.6. The lowest BCUT2D eigenvalue weighted by Crippen LogP contribution is -2.15. The van der Waals surface area contributed by atoms with Gasteiger partial charge in [-0.25, -0.2) is 0 Å². The second-order valence-electron chi connectivity index (χ2n) is 5.29. The molecule has 5 heteroatoms. The largest absolute Gasteiger partial charge is 0.497 e. The van der Waals surface area contributed by atoms with Crippen molar-refractivity contribution < 1.29 is 14.3 Å².